The van der Waals surface area contributed by atoms with Crippen LogP contribution in [0.5, 0.6) is 11.5 Å². The highest BCUT2D eigenvalue weighted by Crippen LogP contribution is 2.33. The molecule has 1 aliphatic rings. The van der Waals surface area contributed by atoms with Gasteiger partial charge in [-0.2, -0.15) is 0 Å². The van der Waals surface area contributed by atoms with Gasteiger partial charge in [0.05, 0.1) is 10.6 Å². The summed E-state index contributed by atoms with van der Waals surface area (Å²) in [6.45, 7) is 4.93. The lowest BCUT2D eigenvalue weighted by Crippen LogP contribution is -2.07. The Hall–Kier alpha value is -3.04. The van der Waals surface area contributed by atoms with Crippen LogP contribution in [-0.4, -0.2) is 38.1 Å². The maximum atomic E-state index is 12.9. The molecule has 3 aromatic heterocycles. The number of carbonyl (C=O) groups is 1. The van der Waals surface area contributed by atoms with Crippen LogP contribution >= 0.6 is 23.1 Å². The first-order valence-corrected chi connectivity index (χ1v) is 11.6. The molecule has 0 aliphatic carbocycles. The first kappa shape index (κ1) is 19.9. The number of aromatic nitrogens is 4. The lowest BCUT2D eigenvalue weighted by atomic mass is 10.1. The van der Waals surface area contributed by atoms with Crippen LogP contribution in [0.1, 0.15) is 27.3 Å². The molecule has 4 aromatic rings. The number of ether oxygens (including phenoxy) is 2. The SMILES string of the molecule is Cc1cc(C(=O)CSc2n[nH]c(-c3cccs3)n2)c(C)n1Cc1ccc2c(c1)OCO2. The number of ketones is 1. The van der Waals surface area contributed by atoms with Gasteiger partial charge in [-0.05, 0) is 49.1 Å². The molecule has 0 unspecified atom stereocenters. The fraction of sp³-hybridized carbons (Fsp3) is 0.227. The topological polar surface area (TPSA) is 82.0 Å². The molecule has 1 aliphatic heterocycles. The van der Waals surface area contributed by atoms with Crippen molar-refractivity contribution in [3.05, 3.63) is 64.3 Å². The van der Waals surface area contributed by atoms with Crippen molar-refractivity contribution < 1.29 is 14.3 Å². The lowest BCUT2D eigenvalue weighted by molar-refractivity contribution is 0.102. The molecule has 0 fully saturated rings. The highest BCUT2D eigenvalue weighted by Gasteiger charge is 2.19. The third-order valence-electron chi connectivity index (χ3n) is 5.20. The summed E-state index contributed by atoms with van der Waals surface area (Å²) in [7, 11) is 0. The predicted octanol–water partition coefficient (Wildman–Crippen LogP) is 4.70. The van der Waals surface area contributed by atoms with Gasteiger partial charge in [-0.3, -0.25) is 9.89 Å². The van der Waals surface area contributed by atoms with Gasteiger partial charge in [0.25, 0.3) is 0 Å². The average molecular weight is 453 g/mol. The zero-order chi connectivity index (χ0) is 21.4. The van der Waals surface area contributed by atoms with Crippen molar-refractivity contribution in [2.45, 2.75) is 25.5 Å². The van der Waals surface area contributed by atoms with E-state index in [4.69, 9.17) is 9.47 Å². The highest BCUT2D eigenvalue weighted by atomic mass is 32.2. The highest BCUT2D eigenvalue weighted by molar-refractivity contribution is 7.99. The number of hydrogen-bond donors (Lipinski definition) is 1. The molecule has 0 bridgehead atoms. The van der Waals surface area contributed by atoms with E-state index in [1.807, 2.05) is 55.6 Å². The summed E-state index contributed by atoms with van der Waals surface area (Å²) >= 11 is 2.94. The van der Waals surface area contributed by atoms with Gasteiger partial charge in [-0.15, -0.1) is 16.4 Å². The Morgan fingerprint density at radius 3 is 2.94 bits per heavy atom. The van der Waals surface area contributed by atoms with Crippen molar-refractivity contribution in [1.29, 1.82) is 0 Å². The number of thioether (sulfide) groups is 1. The second kappa shape index (κ2) is 8.24. The van der Waals surface area contributed by atoms with Crippen molar-refractivity contribution in [3.63, 3.8) is 0 Å². The number of aromatic amines is 1. The van der Waals surface area contributed by atoms with Gasteiger partial charge in [0.1, 0.15) is 0 Å². The van der Waals surface area contributed by atoms with Crippen LogP contribution in [-0.2, 0) is 6.54 Å². The minimum absolute atomic E-state index is 0.0671. The second-order valence-electron chi connectivity index (χ2n) is 7.21. The number of benzene rings is 1. The van der Waals surface area contributed by atoms with E-state index in [-0.39, 0.29) is 18.3 Å². The molecular formula is C22H20N4O3S2. The van der Waals surface area contributed by atoms with Gasteiger partial charge >= 0.3 is 0 Å². The van der Waals surface area contributed by atoms with Crippen LogP contribution in [0, 0.1) is 13.8 Å². The first-order chi connectivity index (χ1) is 15.1. The molecule has 0 amide bonds. The molecule has 9 heteroatoms. The van der Waals surface area contributed by atoms with Gasteiger partial charge in [0.15, 0.2) is 23.1 Å². The number of hydrogen-bond acceptors (Lipinski definition) is 7. The van der Waals surface area contributed by atoms with E-state index in [2.05, 4.69) is 19.7 Å². The van der Waals surface area contributed by atoms with E-state index in [0.717, 1.165) is 44.7 Å². The molecule has 1 N–H and O–H groups in total. The quantitative estimate of drug-likeness (QED) is 0.323. The summed E-state index contributed by atoms with van der Waals surface area (Å²) in [6, 6.07) is 11.9. The monoisotopic (exact) mass is 452 g/mol. The lowest BCUT2D eigenvalue weighted by Gasteiger charge is -2.10. The van der Waals surface area contributed by atoms with Crippen molar-refractivity contribution in [3.8, 4) is 22.2 Å². The molecule has 4 heterocycles. The normalized spacial score (nSPS) is 12.5. The molecule has 31 heavy (non-hydrogen) atoms. The molecule has 0 saturated heterocycles. The maximum absolute atomic E-state index is 12.9. The van der Waals surface area contributed by atoms with Crippen LogP contribution in [0.3, 0.4) is 0 Å². The Kier molecular flexibility index (Phi) is 5.29. The largest absolute Gasteiger partial charge is 0.454 e. The number of nitrogens with one attached hydrogen (secondary N) is 1. The van der Waals surface area contributed by atoms with Gasteiger partial charge in [-0.25, -0.2) is 4.98 Å². The molecule has 0 radical (unpaired) electrons. The van der Waals surface area contributed by atoms with E-state index < -0.39 is 0 Å². The van der Waals surface area contributed by atoms with Gasteiger partial charge in [0, 0.05) is 23.5 Å². The summed E-state index contributed by atoms with van der Waals surface area (Å²) in [4.78, 5) is 18.4. The number of H-pyrrole nitrogens is 1. The number of thiophene rings is 1. The molecule has 0 spiro atoms. The van der Waals surface area contributed by atoms with Crippen molar-refractivity contribution in [2.24, 2.45) is 0 Å². The predicted molar refractivity (Wildman–Crippen MR) is 120 cm³/mol. The molecule has 158 valence electrons. The molecule has 0 saturated carbocycles. The Bertz CT molecular complexity index is 1240. The van der Waals surface area contributed by atoms with E-state index in [1.165, 1.54) is 11.8 Å². The summed E-state index contributed by atoms with van der Waals surface area (Å²) in [5, 5.41) is 9.73. The fourth-order valence-electron chi connectivity index (χ4n) is 3.59. The Morgan fingerprint density at radius 1 is 1.23 bits per heavy atom. The average Bonchev–Trinajstić information content (AvgIpc) is 3.56. The number of carbonyl (C=O) groups excluding carboxylic acids is 1. The van der Waals surface area contributed by atoms with E-state index in [1.54, 1.807) is 11.3 Å². The number of aryl methyl sites for hydroxylation is 1. The standard InChI is InChI=1S/C22H20N4O3S2/c1-13-8-16(14(2)26(13)10-15-5-6-18-19(9-15)29-12-28-18)17(27)11-31-22-23-21(24-25-22)20-4-3-7-30-20/h3-9H,10-12H2,1-2H3,(H,23,24,25). The smallest absolute Gasteiger partial charge is 0.231 e. The summed E-state index contributed by atoms with van der Waals surface area (Å²) in [5.74, 6) is 2.62. The minimum Gasteiger partial charge on any atom is -0.454 e. The zero-order valence-electron chi connectivity index (χ0n) is 17.0. The summed E-state index contributed by atoms with van der Waals surface area (Å²) in [6.07, 6.45) is 0. The molecule has 5 rings (SSSR count). The number of fused-ring (bicyclic) bond motifs is 1. The fourth-order valence-corrected chi connectivity index (χ4v) is 4.94. The van der Waals surface area contributed by atoms with Gasteiger partial charge < -0.3 is 14.0 Å². The molecule has 0 atom stereocenters. The summed E-state index contributed by atoms with van der Waals surface area (Å²) < 4.78 is 13.0. The number of rotatable bonds is 7. The summed E-state index contributed by atoms with van der Waals surface area (Å²) in [5.41, 5.74) is 3.83. The van der Waals surface area contributed by atoms with Crippen LogP contribution < -0.4 is 9.47 Å². The van der Waals surface area contributed by atoms with E-state index >= 15 is 0 Å². The van der Waals surface area contributed by atoms with Crippen LogP contribution in [0.25, 0.3) is 10.7 Å². The Balaban J connectivity index is 1.28. The van der Waals surface area contributed by atoms with E-state index in [9.17, 15) is 4.79 Å². The Morgan fingerprint density at radius 2 is 2.10 bits per heavy atom. The Labute approximate surface area is 187 Å². The molecule has 1 aromatic carbocycles. The van der Waals surface area contributed by atoms with Crippen LogP contribution in [0.4, 0.5) is 0 Å². The number of Topliss-reactive ketones (excluding diaryl/α,β-unsaturated/α-hetero) is 1. The van der Waals surface area contributed by atoms with Crippen molar-refractivity contribution in [1.82, 2.24) is 19.7 Å². The van der Waals surface area contributed by atoms with Gasteiger partial charge in [0.2, 0.25) is 11.9 Å². The zero-order valence-corrected chi connectivity index (χ0v) is 18.7. The molecule has 7 nitrogen and oxygen atoms in total. The minimum atomic E-state index is 0.0671. The van der Waals surface area contributed by atoms with Gasteiger partial charge in [-0.1, -0.05) is 23.9 Å². The van der Waals surface area contributed by atoms with Crippen LogP contribution in [0.2, 0.25) is 0 Å². The van der Waals surface area contributed by atoms with Crippen molar-refractivity contribution in [2.75, 3.05) is 12.5 Å². The van der Waals surface area contributed by atoms with Crippen LogP contribution in [0.15, 0.2) is 46.9 Å². The first-order valence-electron chi connectivity index (χ1n) is 9.76. The molecular weight excluding hydrogens is 432 g/mol. The second-order valence-corrected chi connectivity index (χ2v) is 9.10. The maximum Gasteiger partial charge on any atom is 0.231 e. The van der Waals surface area contributed by atoms with Crippen molar-refractivity contribution >= 4 is 28.9 Å². The van der Waals surface area contributed by atoms with E-state index in [0.29, 0.717) is 11.7 Å². The third kappa shape index (κ3) is 3.98. The number of nitrogens with zero attached hydrogens (tertiary/aromatic N) is 3. The third-order valence-corrected chi connectivity index (χ3v) is 6.93.